The Morgan fingerprint density at radius 2 is 2.13 bits per heavy atom. The first-order valence-electron chi connectivity index (χ1n) is 7.15. The van der Waals surface area contributed by atoms with E-state index in [4.69, 9.17) is 4.74 Å². The first kappa shape index (κ1) is 19.1. The van der Waals surface area contributed by atoms with Gasteiger partial charge >= 0.3 is 0 Å². The van der Waals surface area contributed by atoms with Crippen molar-refractivity contribution < 1.29 is 14.5 Å². The summed E-state index contributed by atoms with van der Waals surface area (Å²) in [6, 6.07) is 3.98. The highest BCUT2D eigenvalue weighted by Crippen LogP contribution is 2.23. The van der Waals surface area contributed by atoms with E-state index < -0.39 is 4.92 Å². The molecule has 1 aromatic rings. The number of nitrogens with zero attached hydrogens (tertiary/aromatic N) is 2. The highest BCUT2D eigenvalue weighted by molar-refractivity contribution is 5.97. The van der Waals surface area contributed by atoms with Crippen molar-refractivity contribution in [3.63, 3.8) is 0 Å². The number of hydrogen-bond donors (Lipinski definition) is 2. The van der Waals surface area contributed by atoms with Gasteiger partial charge in [0.05, 0.1) is 17.6 Å². The molecule has 0 atom stereocenters. The third kappa shape index (κ3) is 5.34. The summed E-state index contributed by atoms with van der Waals surface area (Å²) < 4.78 is 5.10. The Balaban J connectivity index is 0.00000264. The highest BCUT2D eigenvalue weighted by Gasteiger charge is 2.17. The van der Waals surface area contributed by atoms with Gasteiger partial charge in [-0.15, -0.1) is 12.4 Å². The number of nitro benzene ring substituents is 1. The fourth-order valence-electron chi connectivity index (χ4n) is 2.34. The summed E-state index contributed by atoms with van der Waals surface area (Å²) in [6.45, 7) is 5.06. The van der Waals surface area contributed by atoms with E-state index in [2.05, 4.69) is 15.5 Å². The molecule has 2 N–H and O–H groups in total. The van der Waals surface area contributed by atoms with Crippen LogP contribution in [0.4, 0.5) is 5.69 Å². The molecule has 0 bridgehead atoms. The number of piperazine rings is 1. The summed E-state index contributed by atoms with van der Waals surface area (Å²) in [4.78, 5) is 24.7. The molecule has 1 aliphatic rings. The van der Waals surface area contributed by atoms with Crippen molar-refractivity contribution in [1.82, 2.24) is 15.5 Å². The van der Waals surface area contributed by atoms with Crippen molar-refractivity contribution in [2.45, 2.75) is 0 Å². The number of non-ortho nitro benzene ring substituents is 1. The topological polar surface area (TPSA) is 96.7 Å². The fourth-order valence-corrected chi connectivity index (χ4v) is 2.34. The Labute approximate surface area is 140 Å². The van der Waals surface area contributed by atoms with Crippen molar-refractivity contribution in [3.8, 4) is 5.75 Å². The number of hydrogen-bond acceptors (Lipinski definition) is 6. The Kier molecular flexibility index (Phi) is 7.73. The number of amides is 1. The van der Waals surface area contributed by atoms with Crippen LogP contribution in [0.25, 0.3) is 0 Å². The smallest absolute Gasteiger partial charge is 0.270 e. The minimum atomic E-state index is -0.531. The number of ether oxygens (including phenoxy) is 1. The van der Waals surface area contributed by atoms with Gasteiger partial charge < -0.3 is 15.4 Å². The van der Waals surface area contributed by atoms with Crippen LogP contribution in [0.15, 0.2) is 18.2 Å². The summed E-state index contributed by atoms with van der Waals surface area (Å²) in [5, 5.41) is 16.9. The van der Waals surface area contributed by atoms with Crippen molar-refractivity contribution in [2.75, 3.05) is 46.4 Å². The summed E-state index contributed by atoms with van der Waals surface area (Å²) in [5.74, 6) is -0.0408. The molecule has 1 amide bonds. The Morgan fingerprint density at radius 1 is 1.43 bits per heavy atom. The second-order valence-corrected chi connectivity index (χ2v) is 4.99. The zero-order valence-electron chi connectivity index (χ0n) is 12.9. The number of rotatable bonds is 6. The second kappa shape index (κ2) is 9.29. The lowest BCUT2D eigenvalue weighted by Crippen LogP contribution is -2.46. The van der Waals surface area contributed by atoms with E-state index in [1.54, 1.807) is 0 Å². The van der Waals surface area contributed by atoms with Gasteiger partial charge in [0, 0.05) is 51.4 Å². The molecular formula is C14H21ClN4O4. The van der Waals surface area contributed by atoms with Crippen molar-refractivity contribution in [1.29, 1.82) is 0 Å². The third-order valence-electron chi connectivity index (χ3n) is 3.56. The molecule has 0 radical (unpaired) electrons. The molecule has 2 rings (SSSR count). The van der Waals surface area contributed by atoms with Gasteiger partial charge in [0.1, 0.15) is 5.75 Å². The zero-order valence-corrected chi connectivity index (χ0v) is 13.7. The van der Waals surface area contributed by atoms with Gasteiger partial charge in [-0.05, 0) is 6.07 Å². The van der Waals surface area contributed by atoms with Gasteiger partial charge in [0.25, 0.3) is 11.6 Å². The summed E-state index contributed by atoms with van der Waals surface area (Å²) >= 11 is 0. The molecule has 0 unspecified atom stereocenters. The van der Waals surface area contributed by atoms with E-state index in [9.17, 15) is 14.9 Å². The maximum Gasteiger partial charge on any atom is 0.270 e. The molecule has 0 aliphatic carbocycles. The minimum Gasteiger partial charge on any atom is -0.496 e. The van der Waals surface area contributed by atoms with Crippen molar-refractivity contribution >= 4 is 24.0 Å². The normalized spacial score (nSPS) is 14.7. The molecule has 1 aromatic carbocycles. The predicted molar refractivity (Wildman–Crippen MR) is 88.5 cm³/mol. The molecule has 8 nitrogen and oxygen atoms in total. The van der Waals surface area contributed by atoms with Crippen molar-refractivity contribution in [3.05, 3.63) is 33.9 Å². The monoisotopic (exact) mass is 344 g/mol. The molecule has 0 spiro atoms. The lowest BCUT2D eigenvalue weighted by Gasteiger charge is -2.27. The van der Waals surface area contributed by atoms with Crippen molar-refractivity contribution in [2.24, 2.45) is 0 Å². The quantitative estimate of drug-likeness (QED) is 0.581. The Hall–Kier alpha value is -1.90. The van der Waals surface area contributed by atoms with E-state index in [1.807, 2.05) is 0 Å². The zero-order chi connectivity index (χ0) is 15.9. The number of carbonyl (C=O) groups excluding carboxylic acids is 1. The van der Waals surface area contributed by atoms with E-state index in [0.29, 0.717) is 12.3 Å². The molecule has 23 heavy (non-hydrogen) atoms. The van der Waals surface area contributed by atoms with Gasteiger partial charge in [0.2, 0.25) is 0 Å². The summed E-state index contributed by atoms with van der Waals surface area (Å²) in [5.41, 5.74) is 0.0464. The molecule has 0 saturated carbocycles. The largest absolute Gasteiger partial charge is 0.496 e. The number of nitro groups is 1. The number of halogens is 1. The van der Waals surface area contributed by atoms with Gasteiger partial charge in [0.15, 0.2) is 0 Å². The van der Waals surface area contributed by atoms with Crippen LogP contribution in [0.1, 0.15) is 10.4 Å². The first-order chi connectivity index (χ1) is 10.6. The molecule has 1 saturated heterocycles. The lowest BCUT2D eigenvalue weighted by atomic mass is 10.1. The molecule has 1 fully saturated rings. The molecule has 1 heterocycles. The average Bonchev–Trinajstić information content (AvgIpc) is 2.55. The fraction of sp³-hybridized carbons (Fsp3) is 0.500. The highest BCUT2D eigenvalue weighted by atomic mass is 35.5. The van der Waals surface area contributed by atoms with Crippen LogP contribution < -0.4 is 15.4 Å². The number of carbonyl (C=O) groups is 1. The summed E-state index contributed by atoms with van der Waals surface area (Å²) in [7, 11) is 1.43. The first-order valence-corrected chi connectivity index (χ1v) is 7.15. The number of nitrogens with one attached hydrogen (secondary N) is 2. The average molecular weight is 345 g/mol. The Bertz CT molecular complexity index is 550. The van der Waals surface area contributed by atoms with Gasteiger partial charge in [-0.3, -0.25) is 19.8 Å². The van der Waals surface area contributed by atoms with Crippen LogP contribution in [0.2, 0.25) is 0 Å². The van der Waals surface area contributed by atoms with Crippen LogP contribution >= 0.6 is 12.4 Å². The van der Waals surface area contributed by atoms with Gasteiger partial charge in [-0.1, -0.05) is 0 Å². The van der Waals surface area contributed by atoms with E-state index in [0.717, 1.165) is 32.7 Å². The molecular weight excluding hydrogens is 324 g/mol. The maximum absolute atomic E-state index is 12.2. The van der Waals surface area contributed by atoms with Gasteiger partial charge in [-0.2, -0.15) is 0 Å². The van der Waals surface area contributed by atoms with E-state index in [1.165, 1.54) is 25.3 Å². The van der Waals surface area contributed by atoms with E-state index >= 15 is 0 Å². The second-order valence-electron chi connectivity index (χ2n) is 4.99. The number of methoxy groups -OCH3 is 1. The summed E-state index contributed by atoms with van der Waals surface area (Å²) in [6.07, 6.45) is 0. The van der Waals surface area contributed by atoms with Crippen LogP contribution in [-0.4, -0.2) is 62.1 Å². The van der Waals surface area contributed by atoms with Crippen LogP contribution in [0.5, 0.6) is 5.75 Å². The standard InChI is InChI=1S/C14H20N4O4.ClH/c1-22-13-3-2-11(18(20)21)10-12(13)14(19)16-6-9-17-7-4-15-5-8-17;/h2-3,10,15H,4-9H2,1H3,(H,16,19);1H. The van der Waals surface area contributed by atoms with E-state index in [-0.39, 0.29) is 29.6 Å². The minimum absolute atomic E-state index is 0. The SMILES string of the molecule is COc1ccc([N+](=O)[O-])cc1C(=O)NCCN1CCNCC1.Cl. The molecule has 128 valence electrons. The van der Waals surface area contributed by atoms with Crippen LogP contribution in [-0.2, 0) is 0 Å². The predicted octanol–water partition coefficient (Wildman–Crippen LogP) is 0.660. The van der Waals surface area contributed by atoms with Gasteiger partial charge in [-0.25, -0.2) is 0 Å². The Morgan fingerprint density at radius 3 is 2.74 bits per heavy atom. The lowest BCUT2D eigenvalue weighted by molar-refractivity contribution is -0.384. The molecule has 1 aliphatic heterocycles. The molecule has 0 aromatic heterocycles. The van der Waals surface area contributed by atoms with Crippen LogP contribution in [0, 0.1) is 10.1 Å². The molecule has 9 heteroatoms. The maximum atomic E-state index is 12.2. The third-order valence-corrected chi connectivity index (χ3v) is 3.56. The number of benzene rings is 1. The van der Waals surface area contributed by atoms with Crippen LogP contribution in [0.3, 0.4) is 0 Å².